The van der Waals surface area contributed by atoms with Crippen LogP contribution in [-0.2, 0) is 22.7 Å². The van der Waals surface area contributed by atoms with E-state index in [4.69, 9.17) is 13.9 Å². The largest absolute Gasteiger partial charge is 0.465 e. The monoisotopic (exact) mass is 370 g/mol. The molecule has 3 aromatic rings. The fourth-order valence-corrected chi connectivity index (χ4v) is 2.53. The average molecular weight is 370 g/mol. The standard InChI is InChI=1S/C19H18O4.2C2H6/c1-13-8-16(19(20)21-2)9-15-10-17(23-18(13)15)12-22-11-14-6-4-3-5-7-14;2*1-2/h3-10H,11-12H2,1-2H3;2*1-2H3. The lowest BCUT2D eigenvalue weighted by Gasteiger charge is -2.02. The van der Waals surface area contributed by atoms with Crippen LogP contribution in [0.15, 0.2) is 52.9 Å². The molecule has 0 N–H and O–H groups in total. The van der Waals surface area contributed by atoms with Gasteiger partial charge in [0.2, 0.25) is 0 Å². The molecule has 2 aromatic carbocycles. The fourth-order valence-electron chi connectivity index (χ4n) is 2.53. The van der Waals surface area contributed by atoms with Crippen LogP contribution in [0.1, 0.15) is 54.9 Å². The highest BCUT2D eigenvalue weighted by Crippen LogP contribution is 2.25. The van der Waals surface area contributed by atoms with Crippen LogP contribution < -0.4 is 0 Å². The van der Waals surface area contributed by atoms with Crippen molar-refractivity contribution < 1.29 is 18.7 Å². The van der Waals surface area contributed by atoms with E-state index < -0.39 is 0 Å². The van der Waals surface area contributed by atoms with Gasteiger partial charge in [0.25, 0.3) is 0 Å². The summed E-state index contributed by atoms with van der Waals surface area (Å²) in [5, 5.41) is 0.878. The predicted octanol–water partition coefficient (Wildman–Crippen LogP) is 6.30. The molecule has 27 heavy (non-hydrogen) atoms. The number of carbonyl (C=O) groups excluding carboxylic acids is 1. The zero-order chi connectivity index (χ0) is 20.2. The molecule has 0 unspecified atom stereocenters. The molecule has 0 aliphatic carbocycles. The Morgan fingerprint density at radius 2 is 1.63 bits per heavy atom. The van der Waals surface area contributed by atoms with Gasteiger partial charge in [0, 0.05) is 5.39 Å². The van der Waals surface area contributed by atoms with Crippen molar-refractivity contribution in [3.8, 4) is 0 Å². The van der Waals surface area contributed by atoms with Crippen molar-refractivity contribution in [2.45, 2.75) is 47.8 Å². The second-order valence-electron chi connectivity index (χ2n) is 5.39. The Kier molecular flexibility index (Phi) is 9.91. The summed E-state index contributed by atoms with van der Waals surface area (Å²) in [5.74, 6) is 0.388. The Morgan fingerprint density at radius 3 is 2.26 bits per heavy atom. The van der Waals surface area contributed by atoms with E-state index in [0.29, 0.717) is 18.8 Å². The van der Waals surface area contributed by atoms with E-state index in [-0.39, 0.29) is 5.97 Å². The van der Waals surface area contributed by atoms with Crippen LogP contribution in [0.3, 0.4) is 0 Å². The first-order valence-electron chi connectivity index (χ1n) is 9.40. The van der Waals surface area contributed by atoms with Crippen LogP contribution in [0.4, 0.5) is 0 Å². The molecule has 0 atom stereocenters. The van der Waals surface area contributed by atoms with Gasteiger partial charge in [0.15, 0.2) is 0 Å². The summed E-state index contributed by atoms with van der Waals surface area (Å²) in [5.41, 5.74) is 3.32. The Labute approximate surface area is 162 Å². The van der Waals surface area contributed by atoms with E-state index >= 15 is 0 Å². The number of hydrogen-bond donors (Lipinski definition) is 0. The number of benzene rings is 2. The fraction of sp³-hybridized carbons (Fsp3) is 0.348. The first-order chi connectivity index (χ1) is 13.2. The van der Waals surface area contributed by atoms with Gasteiger partial charge in [-0.1, -0.05) is 58.0 Å². The van der Waals surface area contributed by atoms with E-state index in [0.717, 1.165) is 27.9 Å². The molecule has 4 heteroatoms. The van der Waals surface area contributed by atoms with Crippen LogP contribution in [-0.4, -0.2) is 13.1 Å². The molecule has 0 amide bonds. The molecule has 1 aromatic heterocycles. The van der Waals surface area contributed by atoms with Crippen LogP contribution in [0.5, 0.6) is 0 Å². The molecule has 0 saturated heterocycles. The highest BCUT2D eigenvalue weighted by atomic mass is 16.5. The van der Waals surface area contributed by atoms with Crippen molar-refractivity contribution in [3.05, 3.63) is 71.0 Å². The third-order valence-electron chi connectivity index (χ3n) is 3.63. The quantitative estimate of drug-likeness (QED) is 0.495. The van der Waals surface area contributed by atoms with Crippen molar-refractivity contribution in [2.75, 3.05) is 7.11 Å². The van der Waals surface area contributed by atoms with Gasteiger partial charge < -0.3 is 13.9 Å². The van der Waals surface area contributed by atoms with Crippen molar-refractivity contribution >= 4 is 16.9 Å². The van der Waals surface area contributed by atoms with Crippen LogP contribution >= 0.6 is 0 Å². The Bertz CT molecular complexity index is 819. The van der Waals surface area contributed by atoms with Gasteiger partial charge in [-0.3, -0.25) is 0 Å². The lowest BCUT2D eigenvalue weighted by Crippen LogP contribution is -2.01. The normalized spacial score (nSPS) is 9.70. The van der Waals surface area contributed by atoms with Gasteiger partial charge in [-0.15, -0.1) is 0 Å². The minimum absolute atomic E-state index is 0.349. The van der Waals surface area contributed by atoms with Crippen molar-refractivity contribution in [1.82, 2.24) is 0 Å². The topological polar surface area (TPSA) is 48.7 Å². The molecular weight excluding hydrogens is 340 g/mol. The Balaban J connectivity index is 0.000000855. The minimum atomic E-state index is -0.349. The number of carbonyl (C=O) groups is 1. The van der Waals surface area contributed by atoms with Crippen LogP contribution in [0.2, 0.25) is 0 Å². The maximum Gasteiger partial charge on any atom is 0.337 e. The van der Waals surface area contributed by atoms with Gasteiger partial charge in [0.05, 0.1) is 19.3 Å². The smallest absolute Gasteiger partial charge is 0.337 e. The molecule has 0 spiro atoms. The highest BCUT2D eigenvalue weighted by Gasteiger charge is 2.12. The number of furan rings is 1. The van der Waals surface area contributed by atoms with Crippen molar-refractivity contribution in [1.29, 1.82) is 0 Å². The Hall–Kier alpha value is -2.59. The maximum absolute atomic E-state index is 11.7. The minimum Gasteiger partial charge on any atom is -0.465 e. The number of hydrogen-bond acceptors (Lipinski definition) is 4. The van der Waals surface area contributed by atoms with Gasteiger partial charge in [-0.2, -0.15) is 0 Å². The number of rotatable bonds is 5. The molecular formula is C23H30O4. The summed E-state index contributed by atoms with van der Waals surface area (Å²) < 4.78 is 16.3. The van der Waals surface area contributed by atoms with Gasteiger partial charge >= 0.3 is 5.97 Å². The number of ether oxygens (including phenoxy) is 2. The van der Waals surface area contributed by atoms with E-state index in [1.807, 2.05) is 71.0 Å². The summed E-state index contributed by atoms with van der Waals surface area (Å²) in [6.07, 6.45) is 0. The third kappa shape index (κ3) is 6.26. The highest BCUT2D eigenvalue weighted by molar-refractivity contribution is 5.95. The first kappa shape index (κ1) is 22.5. The van der Waals surface area contributed by atoms with Crippen molar-refractivity contribution in [2.24, 2.45) is 0 Å². The molecule has 0 aliphatic heterocycles. The molecule has 146 valence electrons. The molecule has 0 aliphatic rings. The molecule has 0 bridgehead atoms. The number of aryl methyl sites for hydroxylation is 1. The summed E-state index contributed by atoms with van der Waals surface area (Å²) in [6.45, 7) is 10.8. The SMILES string of the molecule is CC.CC.COC(=O)c1cc(C)c2oc(COCc3ccccc3)cc2c1. The summed E-state index contributed by atoms with van der Waals surface area (Å²) in [7, 11) is 1.38. The summed E-state index contributed by atoms with van der Waals surface area (Å²) in [6, 6.07) is 15.4. The summed E-state index contributed by atoms with van der Waals surface area (Å²) in [4.78, 5) is 11.7. The van der Waals surface area contributed by atoms with E-state index in [1.54, 1.807) is 12.1 Å². The van der Waals surface area contributed by atoms with Gasteiger partial charge in [0.1, 0.15) is 18.0 Å². The lowest BCUT2D eigenvalue weighted by atomic mass is 10.1. The molecule has 0 saturated carbocycles. The van der Waals surface area contributed by atoms with Gasteiger partial charge in [-0.25, -0.2) is 4.79 Å². The second-order valence-corrected chi connectivity index (χ2v) is 5.39. The summed E-state index contributed by atoms with van der Waals surface area (Å²) >= 11 is 0. The number of fused-ring (bicyclic) bond motifs is 1. The third-order valence-corrected chi connectivity index (χ3v) is 3.63. The zero-order valence-electron chi connectivity index (χ0n) is 17.2. The number of methoxy groups -OCH3 is 1. The van der Waals surface area contributed by atoms with Crippen LogP contribution in [0, 0.1) is 6.92 Å². The van der Waals surface area contributed by atoms with Crippen LogP contribution in [0.25, 0.3) is 11.0 Å². The molecule has 0 radical (unpaired) electrons. The predicted molar refractivity (Wildman–Crippen MR) is 110 cm³/mol. The van der Waals surface area contributed by atoms with Gasteiger partial charge in [-0.05, 0) is 36.2 Å². The number of esters is 1. The van der Waals surface area contributed by atoms with Crippen molar-refractivity contribution in [3.63, 3.8) is 0 Å². The molecule has 1 heterocycles. The van der Waals surface area contributed by atoms with E-state index in [9.17, 15) is 4.79 Å². The lowest BCUT2D eigenvalue weighted by molar-refractivity contribution is 0.0601. The maximum atomic E-state index is 11.7. The molecule has 4 nitrogen and oxygen atoms in total. The second kappa shape index (κ2) is 11.9. The molecule has 0 fully saturated rings. The Morgan fingerprint density at radius 1 is 0.963 bits per heavy atom. The molecule has 3 rings (SSSR count). The zero-order valence-corrected chi connectivity index (χ0v) is 17.2. The first-order valence-corrected chi connectivity index (χ1v) is 9.40. The van der Waals surface area contributed by atoms with E-state index in [1.165, 1.54) is 7.11 Å². The van der Waals surface area contributed by atoms with E-state index in [2.05, 4.69) is 0 Å². The average Bonchev–Trinajstić information content (AvgIpc) is 3.15.